The first-order valence-electron chi connectivity index (χ1n) is 7.18. The predicted octanol–water partition coefficient (Wildman–Crippen LogP) is 2.81. The summed E-state index contributed by atoms with van der Waals surface area (Å²) in [5.41, 5.74) is 1.18. The molecule has 1 saturated heterocycles. The molecular formula is C16H21NO2. The minimum Gasteiger partial charge on any atom is -0.361 e. The summed E-state index contributed by atoms with van der Waals surface area (Å²) < 4.78 is 5.64. The van der Waals surface area contributed by atoms with Crippen molar-refractivity contribution in [1.29, 1.82) is 0 Å². The van der Waals surface area contributed by atoms with E-state index in [1.54, 1.807) is 7.11 Å². The van der Waals surface area contributed by atoms with Gasteiger partial charge in [0, 0.05) is 25.5 Å². The molecule has 1 aliphatic heterocycles. The Labute approximate surface area is 114 Å². The smallest absolute Gasteiger partial charge is 0.228 e. The molecular weight excluding hydrogens is 238 g/mol. The lowest BCUT2D eigenvalue weighted by molar-refractivity contribution is -0.138. The highest BCUT2D eigenvalue weighted by atomic mass is 16.5. The average molecular weight is 259 g/mol. The molecule has 3 nitrogen and oxygen atoms in total. The van der Waals surface area contributed by atoms with E-state index in [1.807, 2.05) is 23.1 Å². The summed E-state index contributed by atoms with van der Waals surface area (Å²) in [5.74, 6) is 0.887. The molecule has 0 bridgehead atoms. The molecule has 3 heteroatoms. The maximum atomic E-state index is 12.6. The maximum Gasteiger partial charge on any atom is 0.228 e. The monoisotopic (exact) mass is 259 g/mol. The number of carbonyl (C=O) groups is 1. The van der Waals surface area contributed by atoms with Gasteiger partial charge in [-0.25, -0.2) is 0 Å². The quantitative estimate of drug-likeness (QED) is 0.835. The topological polar surface area (TPSA) is 29.5 Å². The van der Waals surface area contributed by atoms with Gasteiger partial charge >= 0.3 is 0 Å². The van der Waals surface area contributed by atoms with Crippen LogP contribution in [0.5, 0.6) is 0 Å². The minimum atomic E-state index is -0.0296. The van der Waals surface area contributed by atoms with Gasteiger partial charge in [0.25, 0.3) is 0 Å². The molecule has 1 amide bonds. The Morgan fingerprint density at radius 1 is 1.21 bits per heavy atom. The number of fused-ring (bicyclic) bond motifs is 1. The molecule has 2 aliphatic rings. The van der Waals surface area contributed by atoms with Gasteiger partial charge in [-0.1, -0.05) is 43.2 Å². The number of hydrogen-bond donors (Lipinski definition) is 0. The van der Waals surface area contributed by atoms with Crippen LogP contribution in [0.1, 0.15) is 31.2 Å². The van der Waals surface area contributed by atoms with E-state index < -0.39 is 0 Å². The minimum absolute atomic E-state index is 0.0296. The summed E-state index contributed by atoms with van der Waals surface area (Å²) in [5, 5.41) is 0. The maximum absolute atomic E-state index is 12.6. The van der Waals surface area contributed by atoms with Crippen LogP contribution in [0.3, 0.4) is 0 Å². The van der Waals surface area contributed by atoms with Gasteiger partial charge in [0.05, 0.1) is 0 Å². The lowest BCUT2D eigenvalue weighted by Gasteiger charge is -2.28. The summed E-state index contributed by atoms with van der Waals surface area (Å²) in [6.45, 7) is 0.672. The number of ether oxygens (including phenoxy) is 1. The number of likely N-dealkylation sites (tertiary alicyclic amines) is 1. The summed E-state index contributed by atoms with van der Waals surface area (Å²) in [6, 6.07) is 10.2. The highest BCUT2D eigenvalue weighted by molar-refractivity contribution is 5.82. The van der Waals surface area contributed by atoms with Gasteiger partial charge in [-0.05, 0) is 18.4 Å². The van der Waals surface area contributed by atoms with E-state index in [-0.39, 0.29) is 12.1 Å². The van der Waals surface area contributed by atoms with Crippen LogP contribution in [0.4, 0.5) is 0 Å². The van der Waals surface area contributed by atoms with Crippen LogP contribution in [-0.2, 0) is 16.1 Å². The Hall–Kier alpha value is -1.35. The normalized spacial score (nSPS) is 30.5. The van der Waals surface area contributed by atoms with E-state index >= 15 is 0 Å². The Kier molecular flexibility index (Phi) is 3.56. The van der Waals surface area contributed by atoms with Crippen molar-refractivity contribution in [3.05, 3.63) is 35.9 Å². The van der Waals surface area contributed by atoms with Crippen LogP contribution in [0.25, 0.3) is 0 Å². The zero-order valence-electron chi connectivity index (χ0n) is 11.4. The van der Waals surface area contributed by atoms with E-state index in [9.17, 15) is 4.79 Å². The number of nitrogens with zero attached hydrogens (tertiary/aromatic N) is 1. The summed E-state index contributed by atoms with van der Waals surface area (Å²) in [7, 11) is 1.73. The van der Waals surface area contributed by atoms with Gasteiger partial charge < -0.3 is 9.64 Å². The molecule has 3 rings (SSSR count). The number of benzene rings is 1. The van der Waals surface area contributed by atoms with Gasteiger partial charge in [0.1, 0.15) is 6.23 Å². The first-order chi connectivity index (χ1) is 9.31. The van der Waals surface area contributed by atoms with Crippen molar-refractivity contribution in [3.63, 3.8) is 0 Å². The van der Waals surface area contributed by atoms with Crippen molar-refractivity contribution >= 4 is 5.91 Å². The lowest BCUT2D eigenvalue weighted by atomic mass is 9.81. The van der Waals surface area contributed by atoms with Crippen LogP contribution in [0, 0.1) is 11.8 Å². The number of amides is 1. The summed E-state index contributed by atoms with van der Waals surface area (Å²) in [4.78, 5) is 14.5. The van der Waals surface area contributed by atoms with Crippen LogP contribution in [0.2, 0.25) is 0 Å². The molecule has 2 fully saturated rings. The third-order valence-electron chi connectivity index (χ3n) is 4.53. The Balaban J connectivity index is 1.81. The molecule has 0 N–H and O–H groups in total. The molecule has 1 heterocycles. The van der Waals surface area contributed by atoms with E-state index in [0.29, 0.717) is 18.4 Å². The second-order valence-corrected chi connectivity index (χ2v) is 5.63. The number of methoxy groups -OCH3 is 1. The highest BCUT2D eigenvalue weighted by Crippen LogP contribution is 2.42. The molecule has 0 radical (unpaired) electrons. The molecule has 3 atom stereocenters. The number of carbonyl (C=O) groups excluding carboxylic acids is 1. The van der Waals surface area contributed by atoms with E-state index in [1.165, 1.54) is 18.4 Å². The van der Waals surface area contributed by atoms with Gasteiger partial charge in [-0.2, -0.15) is 0 Å². The largest absolute Gasteiger partial charge is 0.361 e. The van der Waals surface area contributed by atoms with E-state index in [4.69, 9.17) is 4.74 Å². The van der Waals surface area contributed by atoms with Crippen molar-refractivity contribution in [1.82, 2.24) is 4.90 Å². The Bertz CT molecular complexity index is 445. The summed E-state index contributed by atoms with van der Waals surface area (Å²) >= 11 is 0. The molecule has 1 aromatic carbocycles. The highest BCUT2D eigenvalue weighted by Gasteiger charge is 2.48. The third kappa shape index (κ3) is 2.27. The van der Waals surface area contributed by atoms with Crippen LogP contribution < -0.4 is 0 Å². The second-order valence-electron chi connectivity index (χ2n) is 5.63. The number of hydrogen-bond acceptors (Lipinski definition) is 2. The first-order valence-corrected chi connectivity index (χ1v) is 7.18. The van der Waals surface area contributed by atoms with Crippen molar-refractivity contribution < 1.29 is 9.53 Å². The van der Waals surface area contributed by atoms with E-state index in [0.717, 1.165) is 12.8 Å². The van der Waals surface area contributed by atoms with Crippen LogP contribution in [-0.4, -0.2) is 24.1 Å². The number of rotatable bonds is 3. The zero-order valence-corrected chi connectivity index (χ0v) is 11.4. The lowest BCUT2D eigenvalue weighted by Crippen LogP contribution is -2.36. The molecule has 0 spiro atoms. The predicted molar refractivity (Wildman–Crippen MR) is 73.2 cm³/mol. The third-order valence-corrected chi connectivity index (χ3v) is 4.53. The average Bonchev–Trinajstić information content (AvgIpc) is 2.73. The standard InChI is InChI=1S/C16H21NO2/c1-19-16-14-10-6-5-9-13(14)15(18)17(16)11-12-7-3-2-4-8-12/h2-4,7-8,13-14,16H,5-6,9-11H2,1H3. The SMILES string of the molecule is COC1C2CCCCC2C(=O)N1Cc1ccccc1. The Morgan fingerprint density at radius 3 is 2.68 bits per heavy atom. The molecule has 3 unspecified atom stereocenters. The fraction of sp³-hybridized carbons (Fsp3) is 0.562. The first kappa shape index (κ1) is 12.7. The van der Waals surface area contributed by atoms with Gasteiger partial charge in [0.2, 0.25) is 5.91 Å². The molecule has 1 aliphatic carbocycles. The second kappa shape index (κ2) is 5.33. The van der Waals surface area contributed by atoms with Crippen molar-refractivity contribution in [2.24, 2.45) is 11.8 Å². The zero-order chi connectivity index (χ0) is 13.2. The van der Waals surface area contributed by atoms with Gasteiger partial charge in [0.15, 0.2) is 0 Å². The van der Waals surface area contributed by atoms with Crippen molar-refractivity contribution in [3.8, 4) is 0 Å². The summed E-state index contributed by atoms with van der Waals surface area (Å²) in [6.07, 6.45) is 4.54. The van der Waals surface area contributed by atoms with Crippen molar-refractivity contribution in [2.75, 3.05) is 7.11 Å². The van der Waals surface area contributed by atoms with Crippen LogP contribution >= 0.6 is 0 Å². The van der Waals surface area contributed by atoms with Crippen molar-refractivity contribution in [2.45, 2.75) is 38.5 Å². The van der Waals surface area contributed by atoms with Crippen LogP contribution in [0.15, 0.2) is 30.3 Å². The van der Waals surface area contributed by atoms with Gasteiger partial charge in [-0.3, -0.25) is 4.79 Å². The molecule has 19 heavy (non-hydrogen) atoms. The van der Waals surface area contributed by atoms with E-state index in [2.05, 4.69) is 12.1 Å². The Morgan fingerprint density at radius 2 is 1.95 bits per heavy atom. The molecule has 1 saturated carbocycles. The fourth-order valence-corrected chi connectivity index (χ4v) is 3.63. The fourth-order valence-electron chi connectivity index (χ4n) is 3.63. The molecule has 102 valence electrons. The molecule has 1 aromatic rings. The molecule has 0 aromatic heterocycles. The van der Waals surface area contributed by atoms with Gasteiger partial charge in [-0.15, -0.1) is 0 Å².